The Hall–Kier alpha value is -0.0300. The van der Waals surface area contributed by atoms with Gasteiger partial charge in [-0.3, -0.25) is 4.79 Å². The van der Waals surface area contributed by atoms with Gasteiger partial charge in [0.2, 0.25) is 5.91 Å². The zero-order valence-electron chi connectivity index (χ0n) is 12.8. The highest BCUT2D eigenvalue weighted by molar-refractivity contribution is 5.85. The summed E-state index contributed by atoms with van der Waals surface area (Å²) in [6.07, 6.45) is 5.02. The molecule has 1 fully saturated rings. The van der Waals surface area contributed by atoms with Gasteiger partial charge in [0.15, 0.2) is 0 Å². The van der Waals surface area contributed by atoms with Crippen LogP contribution in [-0.4, -0.2) is 43.0 Å². The number of rotatable bonds is 7. The van der Waals surface area contributed by atoms with Crippen LogP contribution in [0.2, 0.25) is 0 Å². The van der Waals surface area contributed by atoms with Crippen molar-refractivity contribution >= 4 is 30.7 Å². The Labute approximate surface area is 136 Å². The van der Waals surface area contributed by atoms with E-state index in [9.17, 15) is 4.79 Å². The lowest BCUT2D eigenvalue weighted by atomic mass is 9.99. The zero-order valence-corrected chi connectivity index (χ0v) is 14.4. The number of nitrogens with one attached hydrogen (secondary N) is 1. The number of carbonyl (C=O) groups is 1. The first-order valence-electron chi connectivity index (χ1n) is 7.32. The van der Waals surface area contributed by atoms with Crippen LogP contribution in [0, 0.1) is 5.92 Å². The van der Waals surface area contributed by atoms with E-state index < -0.39 is 0 Å². The molecule has 0 aliphatic carbocycles. The maximum atomic E-state index is 11.5. The van der Waals surface area contributed by atoms with Gasteiger partial charge in [-0.15, -0.1) is 24.8 Å². The molecule has 0 spiro atoms. The monoisotopic (exact) mass is 327 g/mol. The summed E-state index contributed by atoms with van der Waals surface area (Å²) in [5.41, 5.74) is 5.62. The van der Waals surface area contributed by atoms with Crippen LogP contribution in [0.5, 0.6) is 0 Å². The summed E-state index contributed by atoms with van der Waals surface area (Å²) in [7, 11) is 0. The maximum absolute atomic E-state index is 11.5. The molecule has 0 radical (unpaired) electrons. The maximum Gasteiger partial charge on any atom is 0.220 e. The second-order valence-electron chi connectivity index (χ2n) is 5.74. The van der Waals surface area contributed by atoms with Crippen molar-refractivity contribution < 1.29 is 4.79 Å². The molecule has 6 heteroatoms. The normalized spacial score (nSPS) is 17.8. The average molecular weight is 328 g/mol. The summed E-state index contributed by atoms with van der Waals surface area (Å²) in [5.74, 6) is 1.03. The van der Waals surface area contributed by atoms with Crippen molar-refractivity contribution in [1.29, 1.82) is 0 Å². The van der Waals surface area contributed by atoms with Crippen molar-refractivity contribution in [2.24, 2.45) is 11.7 Å². The van der Waals surface area contributed by atoms with Gasteiger partial charge in [0.1, 0.15) is 0 Å². The molecule has 1 saturated heterocycles. The fraction of sp³-hybridized carbons (Fsp3) is 0.929. The largest absolute Gasteiger partial charge is 0.356 e. The number of halogens is 2. The van der Waals surface area contributed by atoms with Crippen LogP contribution in [0.3, 0.4) is 0 Å². The van der Waals surface area contributed by atoms with Gasteiger partial charge in [0, 0.05) is 19.0 Å². The molecular weight excluding hydrogens is 297 g/mol. The molecule has 4 nitrogen and oxygen atoms in total. The first-order chi connectivity index (χ1) is 8.58. The first kappa shape index (κ1) is 22.3. The van der Waals surface area contributed by atoms with E-state index >= 15 is 0 Å². The Morgan fingerprint density at radius 1 is 1.35 bits per heavy atom. The smallest absolute Gasteiger partial charge is 0.220 e. The SMILES string of the molecule is CC(N)CCC(=O)NCCCN1CCC(C)CC1.Cl.Cl. The highest BCUT2D eigenvalue weighted by atomic mass is 35.5. The molecule has 1 aliphatic heterocycles. The third-order valence-electron chi connectivity index (χ3n) is 3.68. The van der Waals surface area contributed by atoms with E-state index in [2.05, 4.69) is 17.1 Å². The number of piperidine rings is 1. The van der Waals surface area contributed by atoms with E-state index in [1.165, 1.54) is 25.9 Å². The number of likely N-dealkylation sites (tertiary alicyclic amines) is 1. The number of hydrogen-bond acceptors (Lipinski definition) is 3. The fourth-order valence-corrected chi connectivity index (χ4v) is 2.26. The third-order valence-corrected chi connectivity index (χ3v) is 3.68. The lowest BCUT2D eigenvalue weighted by molar-refractivity contribution is -0.121. The van der Waals surface area contributed by atoms with Crippen molar-refractivity contribution in [3.05, 3.63) is 0 Å². The van der Waals surface area contributed by atoms with Crippen molar-refractivity contribution in [2.45, 2.75) is 52.0 Å². The van der Waals surface area contributed by atoms with Gasteiger partial charge in [-0.05, 0) is 58.2 Å². The minimum atomic E-state index is 0. The van der Waals surface area contributed by atoms with E-state index in [1.54, 1.807) is 0 Å². The molecule has 0 bridgehead atoms. The minimum Gasteiger partial charge on any atom is -0.356 e. The number of carbonyl (C=O) groups excluding carboxylic acids is 1. The van der Waals surface area contributed by atoms with Crippen molar-refractivity contribution in [3.8, 4) is 0 Å². The predicted octanol–water partition coefficient (Wildman–Crippen LogP) is 2.20. The molecule has 3 N–H and O–H groups in total. The number of nitrogens with two attached hydrogens (primary N) is 1. The molecule has 1 rings (SSSR count). The van der Waals surface area contributed by atoms with E-state index in [4.69, 9.17) is 5.73 Å². The predicted molar refractivity (Wildman–Crippen MR) is 89.8 cm³/mol. The van der Waals surface area contributed by atoms with Crippen molar-refractivity contribution in [2.75, 3.05) is 26.2 Å². The Morgan fingerprint density at radius 3 is 2.50 bits per heavy atom. The molecule has 1 atom stereocenters. The molecule has 1 aliphatic rings. The van der Waals surface area contributed by atoms with E-state index in [-0.39, 0.29) is 36.8 Å². The standard InChI is InChI=1S/C14H29N3O.2ClH/c1-12-6-10-17(11-7-12)9-3-8-16-14(18)5-4-13(2)15;;/h12-13H,3-11,15H2,1-2H3,(H,16,18);2*1H. The Morgan fingerprint density at radius 2 is 1.95 bits per heavy atom. The van der Waals surface area contributed by atoms with Crippen LogP contribution in [0.25, 0.3) is 0 Å². The van der Waals surface area contributed by atoms with Crippen LogP contribution >= 0.6 is 24.8 Å². The van der Waals surface area contributed by atoms with Crippen LogP contribution < -0.4 is 11.1 Å². The van der Waals surface area contributed by atoms with Gasteiger partial charge in [0.25, 0.3) is 0 Å². The average Bonchev–Trinajstić information content (AvgIpc) is 2.34. The van der Waals surface area contributed by atoms with Crippen LogP contribution in [-0.2, 0) is 4.79 Å². The van der Waals surface area contributed by atoms with E-state index in [1.807, 2.05) is 6.92 Å². The van der Waals surface area contributed by atoms with Crippen molar-refractivity contribution in [3.63, 3.8) is 0 Å². The molecule has 122 valence electrons. The summed E-state index contributed by atoms with van der Waals surface area (Å²) >= 11 is 0. The third kappa shape index (κ3) is 10.7. The summed E-state index contributed by atoms with van der Waals surface area (Å²) in [5, 5.41) is 2.97. The molecule has 0 aromatic heterocycles. The lowest BCUT2D eigenvalue weighted by Gasteiger charge is -2.30. The van der Waals surface area contributed by atoms with Crippen LogP contribution in [0.15, 0.2) is 0 Å². The quantitative estimate of drug-likeness (QED) is 0.705. The number of nitrogens with zero attached hydrogens (tertiary/aromatic N) is 1. The molecule has 1 heterocycles. The lowest BCUT2D eigenvalue weighted by Crippen LogP contribution is -2.35. The number of amides is 1. The molecule has 0 aromatic carbocycles. The molecule has 1 amide bonds. The highest BCUT2D eigenvalue weighted by Gasteiger charge is 2.14. The molecular formula is C14H31Cl2N3O. The van der Waals surface area contributed by atoms with Crippen molar-refractivity contribution in [1.82, 2.24) is 10.2 Å². The number of hydrogen-bond donors (Lipinski definition) is 2. The van der Waals surface area contributed by atoms with Gasteiger partial charge >= 0.3 is 0 Å². The first-order valence-corrected chi connectivity index (χ1v) is 7.32. The molecule has 20 heavy (non-hydrogen) atoms. The molecule has 1 unspecified atom stereocenters. The summed E-state index contributed by atoms with van der Waals surface area (Å²) in [6, 6.07) is 0.117. The second kappa shape index (κ2) is 12.7. The van der Waals surface area contributed by atoms with Crippen LogP contribution in [0.1, 0.15) is 46.0 Å². The fourth-order valence-electron chi connectivity index (χ4n) is 2.26. The Bertz CT molecular complexity index is 245. The molecule has 0 saturated carbocycles. The topological polar surface area (TPSA) is 58.4 Å². The zero-order chi connectivity index (χ0) is 13.4. The van der Waals surface area contributed by atoms with Gasteiger partial charge in [-0.2, -0.15) is 0 Å². The van der Waals surface area contributed by atoms with Gasteiger partial charge in [-0.1, -0.05) is 6.92 Å². The Kier molecular flexibility index (Phi) is 14.1. The van der Waals surface area contributed by atoms with Crippen LogP contribution in [0.4, 0.5) is 0 Å². The van der Waals surface area contributed by atoms with Gasteiger partial charge in [0.05, 0.1) is 0 Å². The van der Waals surface area contributed by atoms with E-state index in [0.29, 0.717) is 6.42 Å². The summed E-state index contributed by atoms with van der Waals surface area (Å²) in [6.45, 7) is 8.62. The minimum absolute atomic E-state index is 0. The Balaban J connectivity index is 0. The summed E-state index contributed by atoms with van der Waals surface area (Å²) < 4.78 is 0. The summed E-state index contributed by atoms with van der Waals surface area (Å²) in [4.78, 5) is 14.0. The van der Waals surface area contributed by atoms with Gasteiger partial charge in [-0.25, -0.2) is 0 Å². The second-order valence-corrected chi connectivity index (χ2v) is 5.74. The highest BCUT2D eigenvalue weighted by Crippen LogP contribution is 2.15. The molecule has 0 aromatic rings. The van der Waals surface area contributed by atoms with Gasteiger partial charge < -0.3 is 16.0 Å². The van der Waals surface area contributed by atoms with E-state index in [0.717, 1.165) is 31.8 Å².